The molecule has 0 aliphatic rings. The van der Waals surface area contributed by atoms with Crippen molar-refractivity contribution in [3.05, 3.63) is 84.3 Å². The maximum absolute atomic E-state index is 14.0. The van der Waals surface area contributed by atoms with Crippen LogP contribution in [0.2, 0.25) is 0 Å². The Morgan fingerprint density at radius 3 is 2.67 bits per heavy atom. The molecule has 4 aromatic rings. The first-order chi connectivity index (χ1) is 14.4. The molecule has 0 aliphatic heterocycles. The number of halogens is 2. The van der Waals surface area contributed by atoms with Gasteiger partial charge < -0.3 is 10.6 Å². The lowest BCUT2D eigenvalue weighted by Gasteiger charge is -2.10. The molecule has 0 radical (unpaired) electrons. The third-order valence-corrected chi connectivity index (χ3v) is 6.28. The molecule has 2 heterocycles. The van der Waals surface area contributed by atoms with Crippen molar-refractivity contribution in [1.29, 1.82) is 0 Å². The first kappa shape index (κ1) is 20.0. The van der Waals surface area contributed by atoms with Crippen LogP contribution in [0.15, 0.2) is 72.0 Å². The summed E-state index contributed by atoms with van der Waals surface area (Å²) < 4.78 is 55.1. The lowest BCUT2D eigenvalue weighted by Crippen LogP contribution is -2.12. The zero-order valence-corrected chi connectivity index (χ0v) is 16.7. The van der Waals surface area contributed by atoms with E-state index < -0.39 is 21.7 Å². The number of aromatic nitrogens is 2. The zero-order chi connectivity index (χ0) is 21.3. The molecule has 2 aromatic carbocycles. The van der Waals surface area contributed by atoms with Crippen molar-refractivity contribution in [2.24, 2.45) is 0 Å². The van der Waals surface area contributed by atoms with Crippen molar-refractivity contribution in [2.75, 3.05) is 12.4 Å². The molecule has 6 nitrogen and oxygen atoms in total. The van der Waals surface area contributed by atoms with Crippen LogP contribution in [0, 0.1) is 11.6 Å². The standard InChI is InChI=1S/C21H18F2N4O2S/c1-24-11-14-13-27(30(28,29)17-3-2-8-25-12-17)21-10-16(5-6-18(14)21)26-20-9-15(22)4-7-19(20)23/h2-10,12-13,24,26H,11H2,1H3. The van der Waals surface area contributed by atoms with Crippen LogP contribution >= 0.6 is 0 Å². The van der Waals surface area contributed by atoms with Gasteiger partial charge in [-0.1, -0.05) is 6.07 Å². The summed E-state index contributed by atoms with van der Waals surface area (Å²) in [6.45, 7) is 0.456. The minimum absolute atomic E-state index is 0.0435. The molecular weight excluding hydrogens is 410 g/mol. The summed E-state index contributed by atoms with van der Waals surface area (Å²) in [5, 5.41) is 6.56. The van der Waals surface area contributed by atoms with Crippen LogP contribution in [0.1, 0.15) is 5.56 Å². The van der Waals surface area contributed by atoms with Gasteiger partial charge in [0, 0.05) is 42.3 Å². The Morgan fingerprint density at radius 2 is 1.93 bits per heavy atom. The second-order valence-corrected chi connectivity index (χ2v) is 8.47. The van der Waals surface area contributed by atoms with E-state index in [1.807, 2.05) is 0 Å². The number of fused-ring (bicyclic) bond motifs is 1. The molecule has 4 rings (SSSR count). The van der Waals surface area contributed by atoms with Gasteiger partial charge in [-0.05, 0) is 49.0 Å². The summed E-state index contributed by atoms with van der Waals surface area (Å²) in [5.41, 5.74) is 1.57. The van der Waals surface area contributed by atoms with Crippen molar-refractivity contribution in [2.45, 2.75) is 11.4 Å². The van der Waals surface area contributed by atoms with Gasteiger partial charge in [0.05, 0.1) is 11.2 Å². The molecule has 0 aliphatic carbocycles. The van der Waals surface area contributed by atoms with E-state index in [9.17, 15) is 17.2 Å². The maximum atomic E-state index is 14.0. The Kier molecular flexibility index (Phi) is 5.23. The Morgan fingerprint density at radius 1 is 1.10 bits per heavy atom. The minimum atomic E-state index is -3.90. The molecule has 30 heavy (non-hydrogen) atoms. The Labute approximate surface area is 172 Å². The maximum Gasteiger partial charge on any atom is 0.269 e. The van der Waals surface area contributed by atoms with Crippen LogP contribution < -0.4 is 10.6 Å². The summed E-state index contributed by atoms with van der Waals surface area (Å²) in [6, 6.07) is 11.1. The van der Waals surface area contributed by atoms with E-state index in [2.05, 4.69) is 15.6 Å². The molecule has 0 saturated carbocycles. The van der Waals surface area contributed by atoms with E-state index >= 15 is 0 Å². The lowest BCUT2D eigenvalue weighted by atomic mass is 10.1. The van der Waals surface area contributed by atoms with Crippen molar-refractivity contribution < 1.29 is 17.2 Å². The average molecular weight is 428 g/mol. The number of anilines is 2. The van der Waals surface area contributed by atoms with E-state index in [0.29, 0.717) is 17.7 Å². The Balaban J connectivity index is 1.86. The molecule has 2 N–H and O–H groups in total. The smallest absolute Gasteiger partial charge is 0.269 e. The van der Waals surface area contributed by atoms with E-state index in [1.54, 1.807) is 37.5 Å². The fourth-order valence-electron chi connectivity index (χ4n) is 3.24. The molecule has 9 heteroatoms. The minimum Gasteiger partial charge on any atom is -0.353 e. The number of hydrogen-bond donors (Lipinski definition) is 2. The van der Waals surface area contributed by atoms with Crippen LogP contribution in [-0.2, 0) is 16.6 Å². The highest BCUT2D eigenvalue weighted by molar-refractivity contribution is 7.90. The Bertz CT molecular complexity index is 1320. The molecule has 2 aromatic heterocycles. The molecule has 0 atom stereocenters. The molecule has 0 spiro atoms. The van der Waals surface area contributed by atoms with Gasteiger partial charge in [0.15, 0.2) is 0 Å². The summed E-state index contributed by atoms with van der Waals surface area (Å²) in [5.74, 6) is -1.20. The van der Waals surface area contributed by atoms with Crippen LogP contribution in [0.25, 0.3) is 10.9 Å². The molecule has 0 saturated heterocycles. The Hall–Kier alpha value is -3.30. The van der Waals surface area contributed by atoms with Gasteiger partial charge in [0.2, 0.25) is 0 Å². The number of hydrogen-bond acceptors (Lipinski definition) is 5. The van der Waals surface area contributed by atoms with Crippen LogP contribution in [0.3, 0.4) is 0 Å². The van der Waals surface area contributed by atoms with Gasteiger partial charge in [-0.3, -0.25) is 4.98 Å². The van der Waals surface area contributed by atoms with Crippen molar-refractivity contribution in [1.82, 2.24) is 14.3 Å². The first-order valence-corrected chi connectivity index (χ1v) is 10.5. The highest BCUT2D eigenvalue weighted by Gasteiger charge is 2.21. The second-order valence-electron chi connectivity index (χ2n) is 6.66. The van der Waals surface area contributed by atoms with Crippen LogP contribution in [0.4, 0.5) is 20.2 Å². The number of pyridine rings is 1. The van der Waals surface area contributed by atoms with Crippen molar-refractivity contribution >= 4 is 32.3 Å². The van der Waals surface area contributed by atoms with Gasteiger partial charge in [0.1, 0.15) is 16.5 Å². The van der Waals surface area contributed by atoms with Crippen molar-refractivity contribution in [3.8, 4) is 0 Å². The number of rotatable bonds is 6. The molecular formula is C21H18F2N4O2S. The normalized spacial score (nSPS) is 11.7. The van der Waals surface area contributed by atoms with E-state index in [0.717, 1.165) is 29.1 Å². The number of nitrogens with one attached hydrogen (secondary N) is 2. The predicted molar refractivity (Wildman–Crippen MR) is 111 cm³/mol. The lowest BCUT2D eigenvalue weighted by molar-refractivity contribution is 0.588. The van der Waals surface area contributed by atoms with E-state index in [-0.39, 0.29) is 10.6 Å². The average Bonchev–Trinajstić information content (AvgIpc) is 3.10. The zero-order valence-electron chi connectivity index (χ0n) is 15.9. The molecule has 0 unspecified atom stereocenters. The molecule has 0 fully saturated rings. The third kappa shape index (κ3) is 3.64. The number of nitrogens with zero attached hydrogens (tertiary/aromatic N) is 2. The predicted octanol–water partition coefficient (Wildman–Crippen LogP) is 4.01. The topological polar surface area (TPSA) is 76.0 Å². The fourth-order valence-corrected chi connectivity index (χ4v) is 4.58. The van der Waals surface area contributed by atoms with Crippen LogP contribution in [-0.4, -0.2) is 24.4 Å². The molecule has 154 valence electrons. The van der Waals surface area contributed by atoms with E-state index in [1.165, 1.54) is 22.4 Å². The molecule has 0 amide bonds. The largest absolute Gasteiger partial charge is 0.353 e. The third-order valence-electron chi connectivity index (χ3n) is 4.62. The van der Waals surface area contributed by atoms with Gasteiger partial charge >= 0.3 is 0 Å². The van der Waals surface area contributed by atoms with Gasteiger partial charge in [-0.2, -0.15) is 0 Å². The van der Waals surface area contributed by atoms with Crippen LogP contribution in [0.5, 0.6) is 0 Å². The monoisotopic (exact) mass is 428 g/mol. The first-order valence-electron chi connectivity index (χ1n) is 9.06. The van der Waals surface area contributed by atoms with Gasteiger partial charge in [-0.25, -0.2) is 21.2 Å². The fraction of sp³-hybridized carbons (Fsp3) is 0.0952. The second kappa shape index (κ2) is 7.85. The summed E-state index contributed by atoms with van der Waals surface area (Å²) >= 11 is 0. The highest BCUT2D eigenvalue weighted by Crippen LogP contribution is 2.30. The van der Waals surface area contributed by atoms with E-state index in [4.69, 9.17) is 0 Å². The van der Waals surface area contributed by atoms with Crippen molar-refractivity contribution in [3.63, 3.8) is 0 Å². The SMILES string of the molecule is CNCc1cn(S(=O)(=O)c2cccnc2)c2cc(Nc3cc(F)ccc3F)ccc12. The summed E-state index contributed by atoms with van der Waals surface area (Å²) in [6.07, 6.45) is 4.33. The van der Waals surface area contributed by atoms with Gasteiger partial charge in [-0.15, -0.1) is 0 Å². The highest BCUT2D eigenvalue weighted by atomic mass is 32.2. The van der Waals surface area contributed by atoms with Gasteiger partial charge in [0.25, 0.3) is 10.0 Å². The summed E-state index contributed by atoms with van der Waals surface area (Å²) in [7, 11) is -2.14. The number of benzene rings is 2. The summed E-state index contributed by atoms with van der Waals surface area (Å²) in [4.78, 5) is 3.95. The quantitative estimate of drug-likeness (QED) is 0.485. The molecule has 0 bridgehead atoms.